The van der Waals surface area contributed by atoms with E-state index in [1.807, 2.05) is 31.2 Å². The Hall–Kier alpha value is -1.88. The third-order valence-electron chi connectivity index (χ3n) is 4.62. The van der Waals surface area contributed by atoms with Crippen LogP contribution in [0.3, 0.4) is 0 Å². The van der Waals surface area contributed by atoms with Gasteiger partial charge < -0.3 is 10.6 Å². The Morgan fingerprint density at radius 2 is 1.71 bits per heavy atom. The summed E-state index contributed by atoms with van der Waals surface area (Å²) in [6.45, 7) is 4.64. The molecule has 5 nitrogen and oxygen atoms in total. The van der Waals surface area contributed by atoms with Crippen molar-refractivity contribution in [1.82, 2.24) is 10.2 Å². The van der Waals surface area contributed by atoms with Crippen LogP contribution in [-0.2, 0) is 9.59 Å². The molecule has 2 atom stereocenters. The highest BCUT2D eigenvalue weighted by molar-refractivity contribution is 5.92. The molecule has 24 heavy (non-hydrogen) atoms. The van der Waals surface area contributed by atoms with E-state index in [0.29, 0.717) is 5.92 Å². The van der Waals surface area contributed by atoms with Crippen LogP contribution < -0.4 is 10.6 Å². The molecule has 1 aromatic carbocycles. The van der Waals surface area contributed by atoms with E-state index in [9.17, 15) is 9.59 Å². The van der Waals surface area contributed by atoms with Crippen LogP contribution in [0.15, 0.2) is 24.3 Å². The zero-order valence-electron chi connectivity index (χ0n) is 15.0. The number of hydrogen-bond acceptors (Lipinski definition) is 3. The van der Waals surface area contributed by atoms with Gasteiger partial charge in [0, 0.05) is 11.7 Å². The van der Waals surface area contributed by atoms with Crippen molar-refractivity contribution in [1.29, 1.82) is 0 Å². The number of amides is 2. The van der Waals surface area contributed by atoms with Gasteiger partial charge in [0.25, 0.3) is 0 Å². The van der Waals surface area contributed by atoms with E-state index >= 15 is 0 Å². The third-order valence-corrected chi connectivity index (χ3v) is 4.62. The fourth-order valence-electron chi connectivity index (χ4n) is 3.17. The number of anilines is 1. The SMILES string of the molecule is Cc1ccc(NC(=O)CN(C)CC(=O)N[C@H]2CCCC[C@@H]2C)cc1. The van der Waals surface area contributed by atoms with Gasteiger partial charge >= 0.3 is 0 Å². The van der Waals surface area contributed by atoms with Gasteiger partial charge in [0.1, 0.15) is 0 Å². The van der Waals surface area contributed by atoms with Gasteiger partial charge in [-0.1, -0.05) is 37.5 Å². The van der Waals surface area contributed by atoms with Gasteiger partial charge in [0.05, 0.1) is 13.1 Å². The van der Waals surface area contributed by atoms with E-state index in [2.05, 4.69) is 17.6 Å². The number of carbonyl (C=O) groups is 2. The third kappa shape index (κ3) is 5.96. The van der Waals surface area contributed by atoms with Crippen molar-refractivity contribution in [3.05, 3.63) is 29.8 Å². The van der Waals surface area contributed by atoms with E-state index in [1.165, 1.54) is 19.3 Å². The van der Waals surface area contributed by atoms with E-state index < -0.39 is 0 Å². The molecule has 0 radical (unpaired) electrons. The molecule has 0 aromatic heterocycles. The van der Waals surface area contributed by atoms with Gasteiger partial charge in [-0.25, -0.2) is 0 Å². The van der Waals surface area contributed by atoms with Crippen molar-refractivity contribution in [2.75, 3.05) is 25.5 Å². The van der Waals surface area contributed by atoms with E-state index in [-0.39, 0.29) is 30.9 Å². The van der Waals surface area contributed by atoms with Gasteiger partial charge in [-0.15, -0.1) is 0 Å². The van der Waals surface area contributed by atoms with Crippen LogP contribution in [0.4, 0.5) is 5.69 Å². The number of hydrogen-bond donors (Lipinski definition) is 2. The maximum Gasteiger partial charge on any atom is 0.238 e. The highest BCUT2D eigenvalue weighted by Crippen LogP contribution is 2.23. The lowest BCUT2D eigenvalue weighted by atomic mass is 9.86. The Labute approximate surface area is 144 Å². The standard InChI is InChI=1S/C19H29N3O2/c1-14-8-10-16(11-9-14)20-18(23)12-22(3)13-19(24)21-17-7-5-4-6-15(17)2/h8-11,15,17H,4-7,12-13H2,1-3H3,(H,20,23)(H,21,24)/t15-,17-/m0/s1. The first-order valence-electron chi connectivity index (χ1n) is 8.78. The molecule has 2 amide bonds. The van der Waals surface area contributed by atoms with Crippen molar-refractivity contribution in [2.24, 2.45) is 5.92 Å². The molecule has 0 spiro atoms. The Kier molecular flexibility index (Phi) is 6.79. The Balaban J connectivity index is 1.73. The second-order valence-electron chi connectivity index (χ2n) is 7.02. The molecule has 0 bridgehead atoms. The van der Waals surface area contributed by atoms with Crippen LogP contribution in [0.2, 0.25) is 0 Å². The summed E-state index contributed by atoms with van der Waals surface area (Å²) in [5.74, 6) is 0.428. The summed E-state index contributed by atoms with van der Waals surface area (Å²) in [7, 11) is 1.79. The molecule has 1 aliphatic rings. The lowest BCUT2D eigenvalue weighted by molar-refractivity contribution is -0.124. The molecule has 1 aliphatic carbocycles. The molecule has 0 aliphatic heterocycles. The van der Waals surface area contributed by atoms with Crippen molar-refractivity contribution >= 4 is 17.5 Å². The monoisotopic (exact) mass is 331 g/mol. The van der Waals surface area contributed by atoms with Crippen LogP contribution in [0.1, 0.15) is 38.2 Å². The van der Waals surface area contributed by atoms with E-state index in [4.69, 9.17) is 0 Å². The average Bonchev–Trinajstić information content (AvgIpc) is 2.51. The average molecular weight is 331 g/mol. The van der Waals surface area contributed by atoms with Crippen LogP contribution in [0.25, 0.3) is 0 Å². The summed E-state index contributed by atoms with van der Waals surface area (Å²) in [5.41, 5.74) is 1.93. The van der Waals surface area contributed by atoms with E-state index in [0.717, 1.165) is 17.7 Å². The van der Waals surface area contributed by atoms with Crippen molar-refractivity contribution < 1.29 is 9.59 Å². The molecule has 1 aromatic rings. The van der Waals surface area contributed by atoms with Gasteiger partial charge in [-0.2, -0.15) is 0 Å². The number of aryl methyl sites for hydroxylation is 1. The smallest absolute Gasteiger partial charge is 0.238 e. The first-order chi connectivity index (χ1) is 11.4. The molecule has 5 heteroatoms. The lowest BCUT2D eigenvalue weighted by Crippen LogP contribution is -2.46. The largest absolute Gasteiger partial charge is 0.352 e. The first kappa shape index (κ1) is 18.5. The molecule has 0 saturated heterocycles. The number of carbonyl (C=O) groups excluding carboxylic acids is 2. The summed E-state index contributed by atoms with van der Waals surface area (Å²) in [6.07, 6.45) is 4.68. The summed E-state index contributed by atoms with van der Waals surface area (Å²) in [5, 5.41) is 5.97. The first-order valence-corrected chi connectivity index (χ1v) is 8.78. The minimum Gasteiger partial charge on any atom is -0.352 e. The Morgan fingerprint density at radius 1 is 1.08 bits per heavy atom. The zero-order chi connectivity index (χ0) is 17.5. The van der Waals surface area contributed by atoms with Gasteiger partial charge in [-0.3, -0.25) is 14.5 Å². The van der Waals surface area contributed by atoms with E-state index in [1.54, 1.807) is 11.9 Å². The highest BCUT2D eigenvalue weighted by Gasteiger charge is 2.23. The molecular formula is C19H29N3O2. The normalized spacial score (nSPS) is 20.7. The molecular weight excluding hydrogens is 302 g/mol. The predicted octanol–water partition coefficient (Wildman–Crippen LogP) is 2.56. The Bertz CT molecular complexity index is 556. The van der Waals surface area contributed by atoms with Gasteiger partial charge in [0.15, 0.2) is 0 Å². The zero-order valence-corrected chi connectivity index (χ0v) is 15.0. The summed E-state index contributed by atoms with van der Waals surface area (Å²) in [4.78, 5) is 25.9. The maximum atomic E-state index is 12.2. The van der Waals surface area contributed by atoms with Crippen LogP contribution >= 0.6 is 0 Å². The number of likely N-dealkylation sites (N-methyl/N-ethyl adjacent to an activating group) is 1. The number of nitrogens with one attached hydrogen (secondary N) is 2. The van der Waals surface area contributed by atoms with Gasteiger partial charge in [0.2, 0.25) is 11.8 Å². The summed E-state index contributed by atoms with van der Waals surface area (Å²) >= 11 is 0. The molecule has 0 unspecified atom stereocenters. The minimum atomic E-state index is -0.111. The number of benzene rings is 1. The molecule has 1 saturated carbocycles. The summed E-state index contributed by atoms with van der Waals surface area (Å²) < 4.78 is 0. The molecule has 2 rings (SSSR count). The minimum absolute atomic E-state index is 0.000569. The maximum absolute atomic E-state index is 12.2. The number of nitrogens with zero attached hydrogens (tertiary/aromatic N) is 1. The van der Waals surface area contributed by atoms with Crippen LogP contribution in [-0.4, -0.2) is 42.9 Å². The van der Waals surface area contributed by atoms with Crippen molar-refractivity contribution in [2.45, 2.75) is 45.6 Å². The highest BCUT2D eigenvalue weighted by atomic mass is 16.2. The second-order valence-corrected chi connectivity index (χ2v) is 7.02. The molecule has 2 N–H and O–H groups in total. The molecule has 132 valence electrons. The van der Waals surface area contributed by atoms with Crippen molar-refractivity contribution in [3.8, 4) is 0 Å². The quantitative estimate of drug-likeness (QED) is 0.842. The Morgan fingerprint density at radius 3 is 2.38 bits per heavy atom. The second kappa shape index (κ2) is 8.83. The summed E-state index contributed by atoms with van der Waals surface area (Å²) in [6, 6.07) is 7.95. The van der Waals surface area contributed by atoms with Crippen LogP contribution in [0.5, 0.6) is 0 Å². The van der Waals surface area contributed by atoms with Gasteiger partial charge in [-0.05, 0) is 44.9 Å². The fourth-order valence-corrected chi connectivity index (χ4v) is 3.17. The topological polar surface area (TPSA) is 61.4 Å². The van der Waals surface area contributed by atoms with Crippen molar-refractivity contribution in [3.63, 3.8) is 0 Å². The number of rotatable bonds is 6. The van der Waals surface area contributed by atoms with Crippen LogP contribution in [0, 0.1) is 12.8 Å². The lowest BCUT2D eigenvalue weighted by Gasteiger charge is -2.30. The predicted molar refractivity (Wildman–Crippen MR) is 96.9 cm³/mol. The molecule has 1 fully saturated rings. The molecule has 0 heterocycles. The fraction of sp³-hybridized carbons (Fsp3) is 0.579.